The molecule has 3 rings (SSSR count). The largest absolute Gasteiger partial charge is 0.457 e. The molecule has 0 spiro atoms. The lowest BCUT2D eigenvalue weighted by molar-refractivity contribution is 0.177. The zero-order valence-electron chi connectivity index (χ0n) is 12.3. The summed E-state index contributed by atoms with van der Waals surface area (Å²) >= 11 is 5.78. The maximum atomic E-state index is 13.4. The van der Waals surface area contributed by atoms with E-state index in [9.17, 15) is 22.3 Å². The summed E-state index contributed by atoms with van der Waals surface area (Å²) in [6.45, 7) is 0. The molecule has 0 saturated carbocycles. The number of hydrogen-bond acceptors (Lipinski definition) is 4. The van der Waals surface area contributed by atoms with Crippen molar-refractivity contribution < 1.29 is 27.0 Å². The van der Waals surface area contributed by atoms with Gasteiger partial charge in [0.15, 0.2) is 6.01 Å². The van der Waals surface area contributed by atoms with Gasteiger partial charge in [-0.25, -0.2) is 17.2 Å². The minimum absolute atomic E-state index is 0.143. The number of sulfone groups is 1. The average molecular weight is 375 g/mol. The Morgan fingerprint density at radius 3 is 2.71 bits per heavy atom. The number of ether oxygens (including phenoxy) is 1. The predicted octanol–water partition coefficient (Wildman–Crippen LogP) is 3.95. The molecule has 0 radical (unpaired) electrons. The van der Waals surface area contributed by atoms with Crippen molar-refractivity contribution >= 4 is 21.4 Å². The van der Waals surface area contributed by atoms with Gasteiger partial charge in [0, 0.05) is 22.2 Å². The molecule has 1 aliphatic rings. The van der Waals surface area contributed by atoms with E-state index in [4.69, 9.17) is 16.3 Å². The van der Waals surface area contributed by atoms with Crippen molar-refractivity contribution in [2.45, 2.75) is 23.8 Å². The molecule has 8 heteroatoms. The fourth-order valence-electron chi connectivity index (χ4n) is 2.81. The van der Waals surface area contributed by atoms with E-state index in [1.54, 1.807) is 0 Å². The Balaban J connectivity index is 2.08. The molecule has 2 aromatic carbocycles. The molecule has 0 aromatic heterocycles. The second-order valence-electron chi connectivity index (χ2n) is 5.44. The number of rotatable bonds is 4. The van der Waals surface area contributed by atoms with Crippen LogP contribution in [0.3, 0.4) is 0 Å². The Hall–Kier alpha value is -1.70. The predicted molar refractivity (Wildman–Crippen MR) is 84.4 cm³/mol. The Kier molecular flexibility index (Phi) is 4.50. The highest BCUT2D eigenvalue weighted by Crippen LogP contribution is 2.42. The number of halogens is 3. The smallest absolute Gasteiger partial charge is 0.207 e. The van der Waals surface area contributed by atoms with E-state index in [-0.39, 0.29) is 27.0 Å². The van der Waals surface area contributed by atoms with E-state index < -0.39 is 27.8 Å². The number of fused-ring (bicyclic) bond motifs is 1. The normalized spacial score (nSPS) is 16.9. The highest BCUT2D eigenvalue weighted by atomic mass is 35.5. The molecule has 1 atom stereocenters. The van der Waals surface area contributed by atoms with Gasteiger partial charge in [0.25, 0.3) is 0 Å². The molecule has 128 valence electrons. The van der Waals surface area contributed by atoms with E-state index in [0.29, 0.717) is 18.4 Å². The van der Waals surface area contributed by atoms with Gasteiger partial charge in [0.1, 0.15) is 17.3 Å². The summed E-state index contributed by atoms with van der Waals surface area (Å²) in [7, 11) is -4.12. The molecule has 0 fully saturated rings. The molecule has 0 saturated heterocycles. The van der Waals surface area contributed by atoms with E-state index in [1.807, 2.05) is 0 Å². The third kappa shape index (κ3) is 3.11. The standard InChI is InChI=1S/C16H13ClF2O4S/c17-9-5-10(19)7-11(6-9)23-14-3-4-15(24(21,22)8-18)16-12(14)1-2-13(16)20/h3-7,13,20H,1-2,8H2. The van der Waals surface area contributed by atoms with Crippen molar-refractivity contribution in [2.24, 2.45) is 0 Å². The summed E-state index contributed by atoms with van der Waals surface area (Å²) in [5, 5.41) is 10.2. The Labute approximate surface area is 142 Å². The van der Waals surface area contributed by atoms with Gasteiger partial charge in [-0.15, -0.1) is 0 Å². The van der Waals surface area contributed by atoms with Gasteiger partial charge < -0.3 is 9.84 Å². The monoisotopic (exact) mass is 374 g/mol. The van der Waals surface area contributed by atoms with Crippen LogP contribution >= 0.6 is 11.6 Å². The molecule has 0 amide bonds. The second kappa shape index (κ2) is 6.31. The summed E-state index contributed by atoms with van der Waals surface area (Å²) in [4.78, 5) is -0.241. The van der Waals surface area contributed by atoms with Gasteiger partial charge in [-0.2, -0.15) is 0 Å². The number of benzene rings is 2. The van der Waals surface area contributed by atoms with Gasteiger partial charge in [0.05, 0.1) is 11.0 Å². The second-order valence-corrected chi connectivity index (χ2v) is 7.76. The number of aliphatic hydroxyl groups excluding tert-OH is 1. The SMILES string of the molecule is O=S(=O)(CF)c1ccc(Oc2cc(F)cc(Cl)c2)c2c1C(O)CC2. The van der Waals surface area contributed by atoms with Crippen LogP contribution in [0.1, 0.15) is 23.7 Å². The molecule has 0 aliphatic heterocycles. The highest BCUT2D eigenvalue weighted by Gasteiger charge is 2.32. The third-order valence-corrected chi connectivity index (χ3v) is 5.35. The molecule has 1 N–H and O–H groups in total. The van der Waals surface area contributed by atoms with E-state index in [0.717, 1.165) is 12.1 Å². The lowest BCUT2D eigenvalue weighted by Gasteiger charge is -2.15. The first kappa shape index (κ1) is 17.1. The average Bonchev–Trinajstić information content (AvgIpc) is 2.89. The number of hydrogen-bond donors (Lipinski definition) is 1. The molecule has 24 heavy (non-hydrogen) atoms. The quantitative estimate of drug-likeness (QED) is 0.880. The van der Waals surface area contributed by atoms with Crippen LogP contribution in [0.4, 0.5) is 8.78 Å². The molecule has 2 aromatic rings. The van der Waals surface area contributed by atoms with Gasteiger partial charge in [0.2, 0.25) is 9.84 Å². The number of aliphatic hydroxyl groups is 1. The van der Waals surface area contributed by atoms with E-state index in [2.05, 4.69) is 0 Å². The lowest BCUT2D eigenvalue weighted by atomic mass is 10.1. The van der Waals surface area contributed by atoms with Crippen LogP contribution in [0.2, 0.25) is 5.02 Å². The third-order valence-electron chi connectivity index (χ3n) is 3.82. The molecule has 4 nitrogen and oxygen atoms in total. The summed E-state index contributed by atoms with van der Waals surface area (Å²) in [5.74, 6) is -0.156. The lowest BCUT2D eigenvalue weighted by Crippen LogP contribution is -2.09. The zero-order valence-corrected chi connectivity index (χ0v) is 13.9. The van der Waals surface area contributed by atoms with Crippen molar-refractivity contribution in [2.75, 3.05) is 6.01 Å². The van der Waals surface area contributed by atoms with Gasteiger partial charge in [-0.1, -0.05) is 11.6 Å². The summed E-state index contributed by atoms with van der Waals surface area (Å²) in [6.07, 6.45) is -0.352. The maximum absolute atomic E-state index is 13.4. The van der Waals surface area contributed by atoms with Gasteiger partial charge in [-0.3, -0.25) is 0 Å². The first-order valence-electron chi connectivity index (χ1n) is 7.08. The molecular weight excluding hydrogens is 362 g/mol. The van der Waals surface area contributed by atoms with Crippen LogP contribution in [0, 0.1) is 5.82 Å². The first-order chi connectivity index (χ1) is 11.3. The Morgan fingerprint density at radius 1 is 1.29 bits per heavy atom. The Bertz CT molecular complexity index is 879. The van der Waals surface area contributed by atoms with Gasteiger partial charge in [-0.05, 0) is 37.1 Å². The minimum atomic E-state index is -4.12. The van der Waals surface area contributed by atoms with Crippen LogP contribution in [0.25, 0.3) is 0 Å². The summed E-state index contributed by atoms with van der Waals surface area (Å²) in [6, 6.07) is 4.69. The van der Waals surface area contributed by atoms with Crippen LogP contribution in [0.15, 0.2) is 35.2 Å². The topological polar surface area (TPSA) is 63.6 Å². The van der Waals surface area contributed by atoms with Crippen molar-refractivity contribution in [1.29, 1.82) is 0 Å². The van der Waals surface area contributed by atoms with Crippen molar-refractivity contribution in [3.63, 3.8) is 0 Å². The molecule has 0 heterocycles. The van der Waals surface area contributed by atoms with Crippen LogP contribution in [0.5, 0.6) is 11.5 Å². The van der Waals surface area contributed by atoms with E-state index in [1.165, 1.54) is 18.2 Å². The molecular formula is C16H13ClF2O4S. The molecule has 0 bridgehead atoms. The van der Waals surface area contributed by atoms with Crippen molar-refractivity contribution in [3.8, 4) is 11.5 Å². The highest BCUT2D eigenvalue weighted by molar-refractivity contribution is 7.91. The summed E-state index contributed by atoms with van der Waals surface area (Å²) < 4.78 is 55.6. The molecule has 1 aliphatic carbocycles. The van der Waals surface area contributed by atoms with Crippen LogP contribution in [-0.2, 0) is 16.3 Å². The zero-order chi connectivity index (χ0) is 17.5. The van der Waals surface area contributed by atoms with Gasteiger partial charge >= 0.3 is 0 Å². The fraction of sp³-hybridized carbons (Fsp3) is 0.250. The summed E-state index contributed by atoms with van der Waals surface area (Å²) in [5.41, 5.74) is 0.616. The first-order valence-corrected chi connectivity index (χ1v) is 9.11. The van der Waals surface area contributed by atoms with Crippen LogP contribution in [-0.4, -0.2) is 19.5 Å². The van der Waals surface area contributed by atoms with Crippen molar-refractivity contribution in [3.05, 3.63) is 52.3 Å². The number of alkyl halides is 1. The Morgan fingerprint density at radius 2 is 2.04 bits per heavy atom. The van der Waals surface area contributed by atoms with Crippen molar-refractivity contribution in [1.82, 2.24) is 0 Å². The maximum Gasteiger partial charge on any atom is 0.207 e. The molecule has 1 unspecified atom stereocenters. The van der Waals surface area contributed by atoms with Crippen LogP contribution < -0.4 is 4.74 Å². The minimum Gasteiger partial charge on any atom is -0.457 e. The fourth-order valence-corrected chi connectivity index (χ4v) is 4.01. The van der Waals surface area contributed by atoms with E-state index >= 15 is 0 Å².